The van der Waals surface area contributed by atoms with Crippen molar-refractivity contribution in [2.75, 3.05) is 18.5 Å². The molecule has 3 atom stereocenters. The highest BCUT2D eigenvalue weighted by atomic mass is 79.9. The number of piperidine rings is 1. The van der Waals surface area contributed by atoms with Gasteiger partial charge in [0, 0.05) is 48.3 Å². The Kier molecular flexibility index (Phi) is 7.52. The van der Waals surface area contributed by atoms with E-state index in [1.807, 2.05) is 32.0 Å². The van der Waals surface area contributed by atoms with Crippen molar-refractivity contribution in [3.63, 3.8) is 0 Å². The number of Topliss-reactive ketones (excluding diaryl/α,β-unsaturated/α-hetero) is 1. The van der Waals surface area contributed by atoms with Crippen molar-refractivity contribution in [2.24, 2.45) is 5.41 Å². The average Bonchev–Trinajstić information content (AvgIpc) is 3.41. The van der Waals surface area contributed by atoms with E-state index in [4.69, 9.17) is 9.84 Å². The first-order valence-electron chi connectivity index (χ1n) is 15.3. The first-order valence-corrected chi connectivity index (χ1v) is 16.1. The molecule has 2 amide bonds. The predicted octanol–water partition coefficient (Wildman–Crippen LogP) is 4.82. The number of anilines is 1. The van der Waals surface area contributed by atoms with Crippen molar-refractivity contribution in [3.05, 3.63) is 63.9 Å². The van der Waals surface area contributed by atoms with E-state index < -0.39 is 6.04 Å². The summed E-state index contributed by atoms with van der Waals surface area (Å²) in [5.41, 5.74) is 4.38. The quantitative estimate of drug-likeness (QED) is 0.241. The number of pyridine rings is 1. The third kappa shape index (κ3) is 5.43. The summed E-state index contributed by atoms with van der Waals surface area (Å²) in [5.74, 6) is 0.471. The maximum Gasteiger partial charge on any atom is 0.248 e. The lowest BCUT2D eigenvalue weighted by Crippen LogP contribution is -2.47. The monoisotopic (exact) mass is 671 g/mol. The molecule has 0 unspecified atom stereocenters. The van der Waals surface area contributed by atoms with Crippen LogP contribution >= 0.6 is 15.9 Å². The van der Waals surface area contributed by atoms with Crippen molar-refractivity contribution in [3.8, 4) is 11.1 Å². The summed E-state index contributed by atoms with van der Waals surface area (Å²) in [6.45, 7) is 6.22. The van der Waals surface area contributed by atoms with Gasteiger partial charge in [0.2, 0.25) is 11.8 Å². The molecule has 232 valence electrons. The van der Waals surface area contributed by atoms with E-state index in [-0.39, 0.29) is 35.6 Å². The number of halogens is 1. The second-order valence-electron chi connectivity index (χ2n) is 12.5. The van der Waals surface area contributed by atoms with Gasteiger partial charge in [-0.15, -0.1) is 0 Å². The smallest absolute Gasteiger partial charge is 0.248 e. The fourth-order valence-corrected chi connectivity index (χ4v) is 7.24. The molecule has 1 aliphatic carbocycles. The molecule has 3 aliphatic rings. The maximum atomic E-state index is 14.2. The van der Waals surface area contributed by atoms with Gasteiger partial charge in [-0.2, -0.15) is 5.10 Å². The number of ketones is 1. The van der Waals surface area contributed by atoms with Crippen molar-refractivity contribution >= 4 is 50.2 Å². The number of amides is 2. The van der Waals surface area contributed by atoms with Crippen LogP contribution in [0.15, 0.2) is 41.3 Å². The summed E-state index contributed by atoms with van der Waals surface area (Å²) >= 11 is 3.38. The second kappa shape index (κ2) is 11.4. The Bertz CT molecular complexity index is 1860. The second-order valence-corrected chi connectivity index (χ2v) is 13.3. The van der Waals surface area contributed by atoms with E-state index in [9.17, 15) is 14.4 Å². The maximum absolute atomic E-state index is 14.2. The van der Waals surface area contributed by atoms with Gasteiger partial charge in [-0.1, -0.05) is 6.07 Å². The normalized spacial score (nSPS) is 23.0. The molecule has 12 heteroatoms. The van der Waals surface area contributed by atoms with E-state index in [2.05, 4.69) is 42.3 Å². The highest BCUT2D eigenvalue weighted by Gasteiger charge is 2.67. The molecule has 1 aromatic carbocycles. The SMILES string of the molecule is CC(=O)c1nn2c3c(cc(-c4cnc(C)nc4)cc13)CCCCOC[C@@]13C[C@@H](C(=O)Nc4nc(Br)ccc4C)N(C(=O)C2)[C@@H]1C3. The summed E-state index contributed by atoms with van der Waals surface area (Å²) in [6.07, 6.45) is 7.31. The average molecular weight is 673 g/mol. The van der Waals surface area contributed by atoms with Crippen LogP contribution in [0, 0.1) is 19.3 Å². The van der Waals surface area contributed by atoms with Gasteiger partial charge >= 0.3 is 0 Å². The summed E-state index contributed by atoms with van der Waals surface area (Å²) in [4.78, 5) is 55.8. The van der Waals surface area contributed by atoms with Gasteiger partial charge in [-0.25, -0.2) is 15.0 Å². The predicted molar refractivity (Wildman–Crippen MR) is 171 cm³/mol. The molecule has 2 fully saturated rings. The molecule has 2 bridgehead atoms. The summed E-state index contributed by atoms with van der Waals surface area (Å²) in [6, 6.07) is 6.95. The van der Waals surface area contributed by atoms with Crippen LogP contribution in [-0.4, -0.2) is 72.5 Å². The number of carbonyl (C=O) groups excluding carboxylic acids is 3. The zero-order chi connectivity index (χ0) is 31.5. The molecule has 0 radical (unpaired) electrons. The lowest BCUT2D eigenvalue weighted by molar-refractivity contribution is -0.138. The third-order valence-corrected chi connectivity index (χ3v) is 9.78. The number of aromatic nitrogens is 5. The molecule has 2 aliphatic heterocycles. The van der Waals surface area contributed by atoms with Crippen LogP contribution in [0.5, 0.6) is 0 Å². The fraction of sp³-hybridized carbons (Fsp3) is 0.424. The highest BCUT2D eigenvalue weighted by Crippen LogP contribution is 2.60. The minimum absolute atomic E-state index is 0.0881. The van der Waals surface area contributed by atoms with Gasteiger partial charge in [0.15, 0.2) is 5.78 Å². The molecule has 7 rings (SSSR count). The van der Waals surface area contributed by atoms with Crippen molar-refractivity contribution in [1.82, 2.24) is 29.6 Å². The van der Waals surface area contributed by atoms with Crippen LogP contribution in [0.25, 0.3) is 22.0 Å². The van der Waals surface area contributed by atoms with E-state index in [1.54, 1.807) is 22.0 Å². The Morgan fingerprint density at radius 2 is 1.89 bits per heavy atom. The Labute approximate surface area is 268 Å². The first kappa shape index (κ1) is 29.7. The topological polar surface area (TPSA) is 132 Å². The Morgan fingerprint density at radius 1 is 1.09 bits per heavy atom. The number of hydrogen-bond acceptors (Lipinski definition) is 8. The molecule has 4 aromatic rings. The fourth-order valence-electron chi connectivity index (χ4n) is 6.93. The molecule has 0 spiro atoms. The van der Waals surface area contributed by atoms with Crippen molar-refractivity contribution in [2.45, 2.75) is 71.5 Å². The van der Waals surface area contributed by atoms with Crippen LogP contribution in [-0.2, 0) is 27.3 Å². The van der Waals surface area contributed by atoms with Crippen LogP contribution in [0.2, 0.25) is 0 Å². The standard InChI is InChI=1S/C33H34BrN7O4/c1-18-7-8-27(34)37-31(18)38-32(44)25-12-33-13-26(33)41(25)28(43)16-40-30-21(6-4-5-9-45-17-33)10-22(23-14-35-20(3)36-15-23)11-24(30)29(39-40)19(2)42/h7-8,10-11,14-15,25-26H,4-6,9,12-13,16-17H2,1-3H3,(H,37,38,44)/t25-,26+,33-/m0/s1. The van der Waals surface area contributed by atoms with E-state index in [1.165, 1.54) is 6.92 Å². The Hall–Kier alpha value is -4.03. The number of nitrogens with one attached hydrogen (secondary N) is 1. The van der Waals surface area contributed by atoms with Gasteiger partial charge < -0.3 is 15.0 Å². The molecule has 3 aromatic heterocycles. The minimum atomic E-state index is -0.674. The molecule has 11 nitrogen and oxygen atoms in total. The molecule has 45 heavy (non-hydrogen) atoms. The molecule has 1 saturated heterocycles. The van der Waals surface area contributed by atoms with E-state index >= 15 is 0 Å². The number of ether oxygens (including phenoxy) is 1. The van der Waals surface area contributed by atoms with Crippen LogP contribution in [0.4, 0.5) is 5.82 Å². The lowest BCUT2D eigenvalue weighted by Gasteiger charge is -2.27. The zero-order valence-electron chi connectivity index (χ0n) is 25.5. The van der Waals surface area contributed by atoms with Crippen molar-refractivity contribution in [1.29, 1.82) is 0 Å². The van der Waals surface area contributed by atoms with Gasteiger partial charge in [-0.05, 0) is 96.8 Å². The highest BCUT2D eigenvalue weighted by molar-refractivity contribution is 9.10. The van der Waals surface area contributed by atoms with E-state index in [0.29, 0.717) is 47.0 Å². The van der Waals surface area contributed by atoms with Crippen molar-refractivity contribution < 1.29 is 19.1 Å². The molecular weight excluding hydrogens is 638 g/mol. The lowest BCUT2D eigenvalue weighted by atomic mass is 9.97. The zero-order valence-corrected chi connectivity index (χ0v) is 27.1. The van der Waals surface area contributed by atoms with Crippen LogP contribution in [0.3, 0.4) is 0 Å². The largest absolute Gasteiger partial charge is 0.381 e. The number of nitrogens with zero attached hydrogens (tertiary/aromatic N) is 6. The Balaban J connectivity index is 1.28. The van der Waals surface area contributed by atoms with Crippen LogP contribution in [0.1, 0.15) is 60.0 Å². The summed E-state index contributed by atoms with van der Waals surface area (Å²) in [7, 11) is 0. The first-order chi connectivity index (χ1) is 21.6. The number of carbonyl (C=O) groups is 3. The summed E-state index contributed by atoms with van der Waals surface area (Å²) in [5, 5.41) is 8.38. The summed E-state index contributed by atoms with van der Waals surface area (Å²) < 4.78 is 8.46. The number of hydrogen-bond donors (Lipinski definition) is 1. The van der Waals surface area contributed by atoms with E-state index in [0.717, 1.165) is 53.5 Å². The third-order valence-electron chi connectivity index (χ3n) is 9.34. The Morgan fingerprint density at radius 3 is 2.67 bits per heavy atom. The number of benzene rings is 1. The molecule has 1 N–H and O–H groups in total. The number of aryl methyl sites for hydroxylation is 3. The van der Waals surface area contributed by atoms with Gasteiger partial charge in [0.05, 0.1) is 12.1 Å². The minimum Gasteiger partial charge on any atom is -0.381 e. The van der Waals surface area contributed by atoms with Gasteiger partial charge in [-0.3, -0.25) is 19.1 Å². The van der Waals surface area contributed by atoms with Gasteiger partial charge in [0.25, 0.3) is 0 Å². The number of rotatable bonds is 4. The molecular formula is C33H34BrN7O4. The van der Waals surface area contributed by atoms with Crippen LogP contribution < -0.4 is 5.32 Å². The molecule has 1 saturated carbocycles. The molecule has 5 heterocycles. The van der Waals surface area contributed by atoms with Gasteiger partial charge in [0.1, 0.15) is 34.5 Å².